The second kappa shape index (κ2) is 9.02. The highest BCUT2D eigenvalue weighted by atomic mass is 16.6. The molecular formula is C22H31N5O3. The Hall–Kier alpha value is -2.64. The molecule has 8 heteroatoms. The number of carbonyl (C=O) groups is 1. The summed E-state index contributed by atoms with van der Waals surface area (Å²) in [5.41, 5.74) is 5.68. The molecule has 1 aromatic rings. The van der Waals surface area contributed by atoms with Crippen molar-refractivity contribution in [2.24, 2.45) is 33.5 Å². The average Bonchev–Trinajstić information content (AvgIpc) is 3.67. The zero-order chi connectivity index (χ0) is 21.0. The number of hydrogen-bond donors (Lipinski definition) is 1. The van der Waals surface area contributed by atoms with Crippen LogP contribution in [0.2, 0.25) is 0 Å². The molecule has 0 bridgehead atoms. The number of piperidine rings is 1. The summed E-state index contributed by atoms with van der Waals surface area (Å²) in [5.74, 6) is 2.85. The van der Waals surface area contributed by atoms with Crippen molar-refractivity contribution in [3.63, 3.8) is 0 Å². The van der Waals surface area contributed by atoms with Gasteiger partial charge >= 0.3 is 6.09 Å². The summed E-state index contributed by atoms with van der Waals surface area (Å²) in [4.78, 5) is 26.2. The van der Waals surface area contributed by atoms with Crippen LogP contribution in [0, 0.1) is 17.8 Å². The van der Waals surface area contributed by atoms with E-state index in [1.54, 1.807) is 6.20 Å². The van der Waals surface area contributed by atoms with E-state index in [0.29, 0.717) is 18.2 Å². The number of aromatic nitrogens is 1. The van der Waals surface area contributed by atoms with E-state index < -0.39 is 0 Å². The number of pyridine rings is 1. The van der Waals surface area contributed by atoms with E-state index in [4.69, 9.17) is 15.2 Å². The largest absolute Gasteiger partial charge is 0.478 e. The molecule has 0 aromatic carbocycles. The zero-order valence-corrected chi connectivity index (χ0v) is 17.6. The molecule has 3 aliphatic rings. The van der Waals surface area contributed by atoms with Crippen molar-refractivity contribution in [2.45, 2.75) is 51.0 Å². The van der Waals surface area contributed by atoms with Gasteiger partial charge in [0.1, 0.15) is 11.9 Å². The van der Waals surface area contributed by atoms with Crippen molar-refractivity contribution in [1.82, 2.24) is 9.88 Å². The summed E-state index contributed by atoms with van der Waals surface area (Å²) in [6, 6.07) is 3.66. The highest BCUT2D eigenvalue weighted by molar-refractivity contribution is 5.71. The summed E-state index contributed by atoms with van der Waals surface area (Å²) in [6.07, 6.45) is 10.6. The lowest BCUT2D eigenvalue weighted by molar-refractivity contribution is 0.0473. The van der Waals surface area contributed by atoms with Gasteiger partial charge in [0.25, 0.3) is 0 Å². The van der Waals surface area contributed by atoms with Crippen molar-refractivity contribution in [2.75, 3.05) is 19.7 Å². The number of ether oxygens (including phenoxy) is 2. The molecule has 4 rings (SSSR count). The predicted molar refractivity (Wildman–Crippen MR) is 115 cm³/mol. The molecule has 1 saturated heterocycles. The smallest absolute Gasteiger partial charge is 0.410 e. The highest BCUT2D eigenvalue weighted by Gasteiger charge is 2.45. The van der Waals surface area contributed by atoms with Crippen molar-refractivity contribution in [3.05, 3.63) is 18.3 Å². The first-order chi connectivity index (χ1) is 14.6. The Kier molecular flexibility index (Phi) is 6.20. The fourth-order valence-electron chi connectivity index (χ4n) is 4.23. The van der Waals surface area contributed by atoms with Gasteiger partial charge in [-0.3, -0.25) is 0 Å². The molecule has 0 unspecified atom stereocenters. The molecule has 8 nitrogen and oxygen atoms in total. The van der Waals surface area contributed by atoms with Gasteiger partial charge in [0.05, 0.1) is 24.8 Å². The van der Waals surface area contributed by atoms with Crippen LogP contribution in [0.3, 0.4) is 0 Å². The number of nitrogens with zero attached hydrogens (tertiary/aromatic N) is 4. The van der Waals surface area contributed by atoms with Crippen LogP contribution >= 0.6 is 0 Å². The summed E-state index contributed by atoms with van der Waals surface area (Å²) in [7, 11) is 0. The standard InChI is InChI=1S/C22H31N5O3/c1-22(7-8-22)30-21(28)27-9-4-16(5-10-27)19-12-17(19)6-11-29-20-3-2-18(13-25-20)26-15-24-14-23/h2-3,13-17,19H,4-12H2,1H3,(H2,23,24,26)/t17-,19-/m1/s1. The maximum absolute atomic E-state index is 12.2. The van der Waals surface area contributed by atoms with E-state index in [2.05, 4.69) is 15.0 Å². The Bertz CT molecular complexity index is 782. The molecule has 0 spiro atoms. The molecule has 1 aromatic heterocycles. The first kappa shape index (κ1) is 20.6. The lowest BCUT2D eigenvalue weighted by Crippen LogP contribution is -2.40. The van der Waals surface area contributed by atoms with Crippen molar-refractivity contribution in [3.8, 4) is 5.88 Å². The third-order valence-electron chi connectivity index (χ3n) is 6.49. The van der Waals surface area contributed by atoms with Crippen molar-refractivity contribution < 1.29 is 14.3 Å². The van der Waals surface area contributed by atoms with Crippen LogP contribution in [-0.4, -0.2) is 54.0 Å². The van der Waals surface area contributed by atoms with Gasteiger partial charge in [-0.25, -0.2) is 19.8 Å². The molecule has 1 aliphatic heterocycles. The van der Waals surface area contributed by atoms with Crippen molar-refractivity contribution >= 4 is 24.5 Å². The van der Waals surface area contributed by atoms with E-state index in [-0.39, 0.29) is 11.7 Å². The maximum Gasteiger partial charge on any atom is 0.410 e. The van der Waals surface area contributed by atoms with E-state index in [1.165, 1.54) is 19.1 Å². The van der Waals surface area contributed by atoms with Crippen molar-refractivity contribution in [1.29, 1.82) is 0 Å². The van der Waals surface area contributed by atoms with Gasteiger partial charge in [-0.05, 0) is 69.3 Å². The van der Waals surface area contributed by atoms with Gasteiger partial charge in [-0.2, -0.15) is 0 Å². The molecule has 0 radical (unpaired) electrons. The summed E-state index contributed by atoms with van der Waals surface area (Å²) in [6.45, 7) is 4.35. The number of nitrogens with two attached hydrogens (primary N) is 1. The Balaban J connectivity index is 1.12. The summed E-state index contributed by atoms with van der Waals surface area (Å²) in [5, 5.41) is 0. The molecule has 3 fully saturated rings. The second-order valence-electron chi connectivity index (χ2n) is 8.84. The number of hydrogen-bond acceptors (Lipinski definition) is 5. The lowest BCUT2D eigenvalue weighted by atomic mass is 9.91. The Morgan fingerprint density at radius 3 is 2.83 bits per heavy atom. The van der Waals surface area contributed by atoms with Crippen LogP contribution in [0.25, 0.3) is 0 Å². The van der Waals surface area contributed by atoms with Gasteiger partial charge in [-0.1, -0.05) is 0 Å². The minimum atomic E-state index is -0.184. The zero-order valence-electron chi connectivity index (χ0n) is 17.6. The molecule has 30 heavy (non-hydrogen) atoms. The van der Waals surface area contributed by atoms with E-state index in [1.807, 2.05) is 24.0 Å². The topological polar surface area (TPSA) is 102 Å². The normalized spacial score (nSPS) is 25.6. The van der Waals surface area contributed by atoms with Gasteiger partial charge in [0.2, 0.25) is 5.88 Å². The summed E-state index contributed by atoms with van der Waals surface area (Å²) < 4.78 is 11.4. The first-order valence-corrected chi connectivity index (χ1v) is 10.9. The Morgan fingerprint density at radius 2 is 2.17 bits per heavy atom. The van der Waals surface area contributed by atoms with Crippen LogP contribution in [-0.2, 0) is 4.74 Å². The number of rotatable bonds is 8. The molecule has 162 valence electrons. The third kappa shape index (κ3) is 5.49. The number of carbonyl (C=O) groups excluding carboxylic acids is 1. The van der Waals surface area contributed by atoms with E-state index in [9.17, 15) is 4.79 Å². The summed E-state index contributed by atoms with van der Waals surface area (Å²) >= 11 is 0. The van der Waals surface area contributed by atoms with Gasteiger partial charge < -0.3 is 20.1 Å². The number of amides is 1. The second-order valence-corrected chi connectivity index (χ2v) is 8.84. The first-order valence-electron chi connectivity index (χ1n) is 10.9. The number of likely N-dealkylation sites (tertiary alicyclic amines) is 1. The quantitative estimate of drug-likeness (QED) is 0.519. The number of aliphatic imine (C=N–C) groups is 2. The lowest BCUT2D eigenvalue weighted by Gasteiger charge is -2.32. The molecule has 2 aliphatic carbocycles. The minimum Gasteiger partial charge on any atom is -0.478 e. The maximum atomic E-state index is 12.2. The Morgan fingerprint density at radius 1 is 1.37 bits per heavy atom. The molecule has 1 amide bonds. The van der Waals surface area contributed by atoms with Gasteiger partial charge in [0, 0.05) is 19.2 Å². The predicted octanol–water partition coefficient (Wildman–Crippen LogP) is 3.53. The SMILES string of the molecule is CC1(OC(=O)N2CCC([C@H]3C[C@H]3CCOc3ccc(N=CN=CN)cn3)CC2)CC1. The fourth-order valence-corrected chi connectivity index (χ4v) is 4.23. The van der Waals surface area contributed by atoms with Crippen LogP contribution < -0.4 is 10.5 Å². The Labute approximate surface area is 177 Å². The molecule has 2 heterocycles. The van der Waals surface area contributed by atoms with E-state index >= 15 is 0 Å². The molecule has 2 saturated carbocycles. The van der Waals surface area contributed by atoms with Crippen LogP contribution in [0.5, 0.6) is 5.88 Å². The molecule has 2 N–H and O–H groups in total. The van der Waals surface area contributed by atoms with Gasteiger partial charge in [0.15, 0.2) is 0 Å². The average molecular weight is 414 g/mol. The van der Waals surface area contributed by atoms with Gasteiger partial charge in [-0.15, -0.1) is 0 Å². The van der Waals surface area contributed by atoms with Crippen LogP contribution in [0.1, 0.15) is 45.4 Å². The minimum absolute atomic E-state index is 0.120. The van der Waals surface area contributed by atoms with E-state index in [0.717, 1.165) is 62.9 Å². The molecule has 2 atom stereocenters. The van der Waals surface area contributed by atoms with Crippen LogP contribution in [0.4, 0.5) is 10.5 Å². The monoisotopic (exact) mass is 413 g/mol. The van der Waals surface area contributed by atoms with Crippen LogP contribution in [0.15, 0.2) is 28.3 Å². The third-order valence-corrected chi connectivity index (χ3v) is 6.49. The molecular weight excluding hydrogens is 382 g/mol. The fraction of sp³-hybridized carbons (Fsp3) is 0.636. The highest BCUT2D eigenvalue weighted by Crippen LogP contribution is 2.50.